The van der Waals surface area contributed by atoms with Crippen LogP contribution in [0.3, 0.4) is 0 Å². The van der Waals surface area contributed by atoms with Gasteiger partial charge in [0.25, 0.3) is 5.56 Å². The van der Waals surface area contributed by atoms with Gasteiger partial charge < -0.3 is 4.57 Å². The van der Waals surface area contributed by atoms with Crippen molar-refractivity contribution >= 4 is 5.65 Å². The number of halogens is 1. The Morgan fingerprint density at radius 1 is 0.844 bits per heavy atom. The minimum atomic E-state index is -0.272. The molecule has 0 aliphatic rings. The van der Waals surface area contributed by atoms with Crippen LogP contribution < -0.4 is 5.56 Å². The number of benzene rings is 1. The van der Waals surface area contributed by atoms with Crippen molar-refractivity contribution in [2.24, 2.45) is 0 Å². The summed E-state index contributed by atoms with van der Waals surface area (Å²) in [5.74, 6) is -0.272. The van der Waals surface area contributed by atoms with E-state index in [0.29, 0.717) is 0 Å². The Labute approximate surface area is 184 Å². The fourth-order valence-electron chi connectivity index (χ4n) is 3.82. The minimum Gasteiger partial charge on any atom is -0.312 e. The van der Waals surface area contributed by atoms with Crippen LogP contribution in [0.15, 0.2) is 90.2 Å². The van der Waals surface area contributed by atoms with Crippen molar-refractivity contribution in [2.45, 2.75) is 19.9 Å². The Kier molecular flexibility index (Phi) is 4.90. The van der Waals surface area contributed by atoms with Gasteiger partial charge in [-0.3, -0.25) is 14.2 Å². The van der Waals surface area contributed by atoms with E-state index in [0.717, 1.165) is 39.3 Å². The zero-order chi connectivity index (χ0) is 22.2. The highest BCUT2D eigenvalue weighted by molar-refractivity contribution is 5.72. The smallest absolute Gasteiger partial charge is 0.250 e. The highest BCUT2D eigenvalue weighted by atomic mass is 19.1. The van der Waals surface area contributed by atoms with E-state index in [1.54, 1.807) is 29.0 Å². The summed E-state index contributed by atoms with van der Waals surface area (Å²) in [7, 11) is 0. The Morgan fingerprint density at radius 3 is 2.41 bits per heavy atom. The second-order valence-electron chi connectivity index (χ2n) is 7.98. The maximum atomic E-state index is 13.3. The van der Waals surface area contributed by atoms with Gasteiger partial charge in [-0.15, -0.1) is 0 Å². The van der Waals surface area contributed by atoms with Gasteiger partial charge in [-0.1, -0.05) is 0 Å². The standard InChI is InChI=1S/C26H21FN4O/c1-17(2)31-16-21(5-8-26(31)32)19-10-12-30-24(15-29-25(30)14-19)20-9-11-28-23(13-20)18-3-6-22(27)7-4-18/h3-17H,1-2H3. The fraction of sp³-hybridized carbons (Fsp3) is 0.115. The van der Waals surface area contributed by atoms with E-state index in [4.69, 9.17) is 0 Å². The summed E-state index contributed by atoms with van der Waals surface area (Å²) in [6.07, 6.45) is 7.45. The average Bonchev–Trinajstić information content (AvgIpc) is 3.23. The molecule has 0 unspecified atom stereocenters. The third kappa shape index (κ3) is 3.60. The van der Waals surface area contributed by atoms with Gasteiger partial charge in [0.15, 0.2) is 0 Å². The molecule has 0 amide bonds. The molecule has 0 aliphatic carbocycles. The van der Waals surface area contributed by atoms with Gasteiger partial charge in [-0.25, -0.2) is 9.37 Å². The first kappa shape index (κ1) is 19.9. The highest BCUT2D eigenvalue weighted by Crippen LogP contribution is 2.27. The van der Waals surface area contributed by atoms with Crippen LogP contribution >= 0.6 is 0 Å². The van der Waals surface area contributed by atoms with Gasteiger partial charge in [0, 0.05) is 41.8 Å². The molecule has 5 aromatic rings. The monoisotopic (exact) mass is 424 g/mol. The van der Waals surface area contributed by atoms with Crippen molar-refractivity contribution in [2.75, 3.05) is 0 Å². The normalized spacial score (nSPS) is 11.4. The van der Waals surface area contributed by atoms with Crippen LogP contribution in [-0.4, -0.2) is 18.9 Å². The van der Waals surface area contributed by atoms with Crippen LogP contribution in [0, 0.1) is 5.82 Å². The summed E-state index contributed by atoms with van der Waals surface area (Å²) in [6, 6.07) is 17.8. The zero-order valence-electron chi connectivity index (χ0n) is 17.7. The summed E-state index contributed by atoms with van der Waals surface area (Å²) < 4.78 is 17.0. The Balaban J connectivity index is 1.54. The number of aromatic nitrogens is 4. The molecule has 158 valence electrons. The van der Waals surface area contributed by atoms with Gasteiger partial charge in [0.05, 0.1) is 17.6 Å². The summed E-state index contributed by atoms with van der Waals surface area (Å²) in [4.78, 5) is 21.1. The summed E-state index contributed by atoms with van der Waals surface area (Å²) in [5.41, 5.74) is 6.27. The maximum Gasteiger partial charge on any atom is 0.250 e. The molecule has 0 atom stereocenters. The number of fused-ring (bicyclic) bond motifs is 1. The van der Waals surface area contributed by atoms with Crippen LogP contribution in [-0.2, 0) is 0 Å². The lowest BCUT2D eigenvalue weighted by atomic mass is 10.1. The van der Waals surface area contributed by atoms with E-state index in [1.165, 1.54) is 12.1 Å². The molecular weight excluding hydrogens is 403 g/mol. The number of imidazole rings is 1. The van der Waals surface area contributed by atoms with Crippen molar-refractivity contribution in [3.63, 3.8) is 0 Å². The van der Waals surface area contributed by atoms with Crippen LogP contribution in [0.25, 0.3) is 39.3 Å². The van der Waals surface area contributed by atoms with E-state index in [9.17, 15) is 9.18 Å². The van der Waals surface area contributed by atoms with Gasteiger partial charge in [0.2, 0.25) is 0 Å². The molecule has 6 heteroatoms. The number of rotatable bonds is 4. The second-order valence-corrected chi connectivity index (χ2v) is 7.98. The third-order valence-corrected chi connectivity index (χ3v) is 5.54. The lowest BCUT2D eigenvalue weighted by Crippen LogP contribution is -2.20. The number of pyridine rings is 3. The van der Waals surface area contributed by atoms with Crippen LogP contribution in [0.2, 0.25) is 0 Å². The topological polar surface area (TPSA) is 52.2 Å². The predicted octanol–water partition coefficient (Wildman–Crippen LogP) is 5.61. The Bertz CT molecular complexity index is 1480. The second kappa shape index (κ2) is 7.89. The molecule has 0 radical (unpaired) electrons. The summed E-state index contributed by atoms with van der Waals surface area (Å²) in [6.45, 7) is 3.98. The first-order chi connectivity index (χ1) is 15.5. The minimum absolute atomic E-state index is 0.0115. The molecular formula is C26H21FN4O. The first-order valence-electron chi connectivity index (χ1n) is 10.4. The highest BCUT2D eigenvalue weighted by Gasteiger charge is 2.11. The van der Waals surface area contributed by atoms with E-state index in [1.807, 2.05) is 67.2 Å². The number of hydrogen-bond acceptors (Lipinski definition) is 3. The molecule has 0 spiro atoms. The quantitative estimate of drug-likeness (QED) is 0.377. The average molecular weight is 424 g/mol. The molecule has 0 saturated heterocycles. The molecule has 1 aromatic carbocycles. The Morgan fingerprint density at radius 2 is 1.62 bits per heavy atom. The summed E-state index contributed by atoms with van der Waals surface area (Å²) in [5, 5.41) is 0. The molecule has 4 heterocycles. The van der Waals surface area contributed by atoms with E-state index < -0.39 is 0 Å². The van der Waals surface area contributed by atoms with Crippen LogP contribution in [0.1, 0.15) is 19.9 Å². The molecule has 0 aliphatic heterocycles. The van der Waals surface area contributed by atoms with Gasteiger partial charge in [-0.05, 0) is 79.6 Å². The van der Waals surface area contributed by atoms with Crippen LogP contribution in [0.4, 0.5) is 4.39 Å². The van der Waals surface area contributed by atoms with Crippen LogP contribution in [0.5, 0.6) is 0 Å². The van der Waals surface area contributed by atoms with Crippen molar-refractivity contribution in [3.8, 4) is 33.6 Å². The van der Waals surface area contributed by atoms with Crippen molar-refractivity contribution in [1.82, 2.24) is 18.9 Å². The van der Waals surface area contributed by atoms with Crippen molar-refractivity contribution in [1.29, 1.82) is 0 Å². The van der Waals surface area contributed by atoms with E-state index in [2.05, 4.69) is 9.97 Å². The van der Waals surface area contributed by atoms with E-state index in [-0.39, 0.29) is 17.4 Å². The summed E-state index contributed by atoms with van der Waals surface area (Å²) >= 11 is 0. The van der Waals surface area contributed by atoms with E-state index >= 15 is 0 Å². The zero-order valence-corrected chi connectivity index (χ0v) is 17.7. The maximum absolute atomic E-state index is 13.3. The Hall–Kier alpha value is -4.06. The molecule has 0 bridgehead atoms. The molecule has 0 N–H and O–H groups in total. The fourth-order valence-corrected chi connectivity index (χ4v) is 3.82. The molecule has 5 nitrogen and oxygen atoms in total. The van der Waals surface area contributed by atoms with Gasteiger partial charge in [-0.2, -0.15) is 0 Å². The van der Waals surface area contributed by atoms with Crippen molar-refractivity contribution in [3.05, 3.63) is 102 Å². The lowest BCUT2D eigenvalue weighted by molar-refractivity contribution is 0.579. The van der Waals surface area contributed by atoms with Gasteiger partial charge in [0.1, 0.15) is 11.5 Å². The molecule has 5 rings (SSSR count). The molecule has 32 heavy (non-hydrogen) atoms. The van der Waals surface area contributed by atoms with Crippen molar-refractivity contribution < 1.29 is 4.39 Å². The molecule has 0 saturated carbocycles. The molecule has 4 aromatic heterocycles. The molecule has 0 fully saturated rings. The number of hydrogen-bond donors (Lipinski definition) is 0. The lowest BCUT2D eigenvalue weighted by Gasteiger charge is -2.12. The van der Waals surface area contributed by atoms with Gasteiger partial charge >= 0.3 is 0 Å². The third-order valence-electron chi connectivity index (χ3n) is 5.54. The SMILES string of the molecule is CC(C)n1cc(-c2ccn3c(-c4ccnc(-c5ccc(F)cc5)c4)cnc3c2)ccc1=O. The number of nitrogens with zero attached hydrogens (tertiary/aromatic N) is 4. The predicted molar refractivity (Wildman–Crippen MR) is 124 cm³/mol. The first-order valence-corrected chi connectivity index (χ1v) is 10.4. The largest absolute Gasteiger partial charge is 0.312 e.